The molecule has 0 radical (unpaired) electrons. The number of hydrogen-bond acceptors (Lipinski definition) is 4. The fourth-order valence-corrected chi connectivity index (χ4v) is 1.79. The van der Waals surface area contributed by atoms with Crippen LogP contribution >= 0.6 is 0 Å². The monoisotopic (exact) mass is 187 g/mol. The average molecular weight is 187 g/mol. The second-order valence-corrected chi connectivity index (χ2v) is 3.48. The average Bonchev–Trinajstić information content (AvgIpc) is 2.49. The van der Waals surface area contributed by atoms with E-state index in [4.69, 9.17) is 9.47 Å². The highest BCUT2D eigenvalue weighted by Gasteiger charge is 2.32. The summed E-state index contributed by atoms with van der Waals surface area (Å²) in [5, 5.41) is 10.4. The lowest BCUT2D eigenvalue weighted by Gasteiger charge is -2.23. The summed E-state index contributed by atoms with van der Waals surface area (Å²) >= 11 is 0. The van der Waals surface area contributed by atoms with Crippen molar-refractivity contribution in [3.8, 4) is 0 Å². The fourth-order valence-electron chi connectivity index (χ4n) is 1.79. The molecule has 1 rings (SSSR count). The lowest BCUT2D eigenvalue weighted by atomic mass is 9.89. The highest BCUT2D eigenvalue weighted by atomic mass is 16.7. The van der Waals surface area contributed by atoms with E-state index in [9.17, 15) is 9.90 Å². The fraction of sp³-hybridized carbons (Fsp3) is 0.889. The zero-order valence-corrected chi connectivity index (χ0v) is 7.99. The molecule has 4 nitrogen and oxygen atoms in total. The Labute approximate surface area is 77.8 Å². The van der Waals surface area contributed by atoms with Crippen LogP contribution in [0.3, 0.4) is 0 Å². The van der Waals surface area contributed by atoms with Gasteiger partial charge in [0.15, 0.2) is 6.29 Å². The first-order valence-corrected chi connectivity index (χ1v) is 4.49. The van der Waals surface area contributed by atoms with Crippen molar-refractivity contribution in [2.45, 2.75) is 26.1 Å². The molecule has 0 N–H and O–H groups in total. The highest BCUT2D eigenvalue weighted by Crippen LogP contribution is 2.30. The first kappa shape index (κ1) is 10.5. The van der Waals surface area contributed by atoms with Crippen LogP contribution in [0.2, 0.25) is 0 Å². The molecule has 1 aliphatic rings. The summed E-state index contributed by atoms with van der Waals surface area (Å²) in [6.07, 6.45) is 0.704. The summed E-state index contributed by atoms with van der Waals surface area (Å²) in [7, 11) is 1.58. The van der Waals surface area contributed by atoms with Crippen LogP contribution in [0.15, 0.2) is 0 Å². The summed E-state index contributed by atoms with van der Waals surface area (Å²) in [6, 6.07) is 0. The lowest BCUT2D eigenvalue weighted by molar-refractivity contribution is -0.307. The molecule has 0 aliphatic carbocycles. The smallest absolute Gasteiger partial charge is 0.160 e. The topological polar surface area (TPSA) is 58.6 Å². The standard InChI is InChI=1S/C9H16O4/c1-6(5-8(10)11)7-3-4-13-9(7)12-2/h6-7,9H,3-5H2,1-2H3,(H,10,11)/p-1/t6-,7-,9+/m0/s1. The van der Waals surface area contributed by atoms with E-state index in [2.05, 4.69) is 0 Å². The third kappa shape index (κ3) is 2.67. The molecule has 0 saturated carbocycles. The van der Waals surface area contributed by atoms with Gasteiger partial charge in [0.25, 0.3) is 0 Å². The van der Waals surface area contributed by atoms with Crippen molar-refractivity contribution in [1.29, 1.82) is 0 Å². The van der Waals surface area contributed by atoms with E-state index in [1.807, 2.05) is 6.92 Å². The molecule has 0 bridgehead atoms. The maximum Gasteiger partial charge on any atom is 0.160 e. The van der Waals surface area contributed by atoms with E-state index in [0.717, 1.165) is 6.42 Å². The van der Waals surface area contributed by atoms with Crippen molar-refractivity contribution in [3.63, 3.8) is 0 Å². The molecule has 0 unspecified atom stereocenters. The summed E-state index contributed by atoms with van der Waals surface area (Å²) < 4.78 is 10.4. The number of ether oxygens (including phenoxy) is 2. The molecule has 0 aromatic heterocycles. The van der Waals surface area contributed by atoms with Crippen molar-refractivity contribution in [2.24, 2.45) is 11.8 Å². The van der Waals surface area contributed by atoms with Crippen LogP contribution in [-0.4, -0.2) is 26.0 Å². The van der Waals surface area contributed by atoms with Gasteiger partial charge in [0.05, 0.1) is 6.61 Å². The minimum Gasteiger partial charge on any atom is -0.550 e. The van der Waals surface area contributed by atoms with E-state index < -0.39 is 5.97 Å². The van der Waals surface area contributed by atoms with Crippen molar-refractivity contribution in [1.82, 2.24) is 0 Å². The largest absolute Gasteiger partial charge is 0.550 e. The van der Waals surface area contributed by atoms with Gasteiger partial charge in [-0.1, -0.05) is 6.92 Å². The van der Waals surface area contributed by atoms with E-state index in [1.54, 1.807) is 7.11 Å². The number of hydrogen-bond donors (Lipinski definition) is 0. The van der Waals surface area contributed by atoms with Gasteiger partial charge in [-0.25, -0.2) is 0 Å². The molecule has 76 valence electrons. The van der Waals surface area contributed by atoms with Crippen molar-refractivity contribution in [2.75, 3.05) is 13.7 Å². The Kier molecular flexibility index (Phi) is 3.69. The third-order valence-electron chi connectivity index (χ3n) is 2.53. The lowest BCUT2D eigenvalue weighted by Crippen LogP contribution is -2.30. The van der Waals surface area contributed by atoms with Crippen molar-refractivity contribution >= 4 is 5.97 Å². The van der Waals surface area contributed by atoms with Crippen LogP contribution < -0.4 is 5.11 Å². The van der Waals surface area contributed by atoms with Gasteiger partial charge in [0, 0.05) is 19.0 Å². The van der Waals surface area contributed by atoms with Gasteiger partial charge < -0.3 is 19.4 Å². The number of carbonyl (C=O) groups excluding carboxylic acids is 1. The van der Waals surface area contributed by atoms with Gasteiger partial charge in [0.1, 0.15) is 0 Å². The molecule has 0 spiro atoms. The van der Waals surface area contributed by atoms with Gasteiger partial charge in [-0.3, -0.25) is 0 Å². The van der Waals surface area contributed by atoms with Gasteiger partial charge >= 0.3 is 0 Å². The molecule has 1 saturated heterocycles. The predicted molar refractivity (Wildman–Crippen MR) is 43.6 cm³/mol. The molecule has 0 amide bonds. The van der Waals surface area contributed by atoms with Gasteiger partial charge in [-0.05, 0) is 18.8 Å². The molecular formula is C9H15O4-. The van der Waals surface area contributed by atoms with Crippen molar-refractivity contribution < 1.29 is 19.4 Å². The number of carboxylic acids is 1. The minimum absolute atomic E-state index is 0.0532. The highest BCUT2D eigenvalue weighted by molar-refractivity contribution is 5.64. The summed E-state index contributed by atoms with van der Waals surface area (Å²) in [4.78, 5) is 10.4. The number of aliphatic carboxylic acids is 1. The molecule has 0 aromatic rings. The van der Waals surface area contributed by atoms with Gasteiger partial charge in [0.2, 0.25) is 0 Å². The summed E-state index contributed by atoms with van der Waals surface area (Å²) in [5.74, 6) is -0.769. The van der Waals surface area contributed by atoms with Gasteiger partial charge in [-0.2, -0.15) is 0 Å². The maximum absolute atomic E-state index is 10.4. The zero-order chi connectivity index (χ0) is 9.84. The second-order valence-electron chi connectivity index (χ2n) is 3.48. The van der Waals surface area contributed by atoms with E-state index in [0.29, 0.717) is 6.61 Å². The Hall–Kier alpha value is -0.610. The summed E-state index contributed by atoms with van der Waals surface area (Å²) in [5.41, 5.74) is 0. The molecule has 1 aliphatic heterocycles. The molecule has 13 heavy (non-hydrogen) atoms. The first-order chi connectivity index (χ1) is 6.15. The third-order valence-corrected chi connectivity index (χ3v) is 2.53. The molecule has 3 atom stereocenters. The normalized spacial score (nSPS) is 30.3. The molecule has 4 heteroatoms. The Bertz CT molecular complexity index is 180. The van der Waals surface area contributed by atoms with E-state index >= 15 is 0 Å². The van der Waals surface area contributed by atoms with Crippen LogP contribution in [0.1, 0.15) is 19.8 Å². The Morgan fingerprint density at radius 2 is 2.46 bits per heavy atom. The number of carbonyl (C=O) groups is 1. The first-order valence-electron chi connectivity index (χ1n) is 4.49. The Morgan fingerprint density at radius 1 is 1.77 bits per heavy atom. The van der Waals surface area contributed by atoms with Crippen LogP contribution in [-0.2, 0) is 14.3 Å². The second kappa shape index (κ2) is 4.58. The quantitative estimate of drug-likeness (QED) is 0.610. The van der Waals surface area contributed by atoms with Crippen LogP contribution in [0, 0.1) is 11.8 Å². The minimum atomic E-state index is -1.01. The number of rotatable bonds is 4. The maximum atomic E-state index is 10.4. The molecule has 1 heterocycles. The molecule has 1 fully saturated rings. The predicted octanol–water partition coefficient (Wildman–Crippen LogP) is -0.229. The van der Waals surface area contributed by atoms with E-state index in [-0.39, 0.29) is 24.5 Å². The number of methoxy groups -OCH3 is 1. The summed E-state index contributed by atoms with van der Waals surface area (Å²) in [6.45, 7) is 2.54. The Morgan fingerprint density at radius 3 is 3.00 bits per heavy atom. The molecular weight excluding hydrogens is 172 g/mol. The van der Waals surface area contributed by atoms with Crippen LogP contribution in [0.25, 0.3) is 0 Å². The molecule has 0 aromatic carbocycles. The van der Waals surface area contributed by atoms with Gasteiger partial charge in [-0.15, -0.1) is 0 Å². The van der Waals surface area contributed by atoms with Crippen LogP contribution in [0.5, 0.6) is 0 Å². The van der Waals surface area contributed by atoms with Crippen LogP contribution in [0.4, 0.5) is 0 Å². The Balaban J connectivity index is 2.44. The zero-order valence-electron chi connectivity index (χ0n) is 7.99. The van der Waals surface area contributed by atoms with Crippen molar-refractivity contribution in [3.05, 3.63) is 0 Å². The SMILES string of the molecule is CO[C@@H]1OCC[C@H]1[C@@H](C)CC(=O)[O-]. The van der Waals surface area contributed by atoms with E-state index in [1.165, 1.54) is 0 Å². The number of carboxylic acid groups (broad SMARTS) is 1.